The first kappa shape index (κ1) is 19.7. The van der Waals surface area contributed by atoms with E-state index in [2.05, 4.69) is 34.1 Å². The van der Waals surface area contributed by atoms with Gasteiger partial charge in [-0.15, -0.1) is 11.3 Å². The lowest BCUT2D eigenvalue weighted by Crippen LogP contribution is -2.25. The number of aromatic nitrogens is 2. The summed E-state index contributed by atoms with van der Waals surface area (Å²) in [6.45, 7) is 6.14. The zero-order chi connectivity index (χ0) is 19.4. The maximum atomic E-state index is 6.22. The number of thiophene rings is 1. The molecule has 0 N–H and O–H groups in total. The van der Waals surface area contributed by atoms with Crippen molar-refractivity contribution in [2.75, 3.05) is 32.2 Å². The van der Waals surface area contributed by atoms with Crippen molar-refractivity contribution in [2.24, 2.45) is 0 Å². The van der Waals surface area contributed by atoms with Crippen LogP contribution in [0.2, 0.25) is 5.28 Å². The van der Waals surface area contributed by atoms with Crippen LogP contribution in [0.25, 0.3) is 21.3 Å². The lowest BCUT2D eigenvalue weighted by atomic mass is 10.0. The summed E-state index contributed by atoms with van der Waals surface area (Å²) < 4.78 is 10.8. The Morgan fingerprint density at radius 2 is 1.89 bits per heavy atom. The number of unbranched alkanes of at least 4 members (excludes halogenated alkanes) is 1. The number of hydrogen-bond acceptors (Lipinski definition) is 6. The highest BCUT2D eigenvalue weighted by Gasteiger charge is 2.19. The van der Waals surface area contributed by atoms with Crippen molar-refractivity contribution in [3.63, 3.8) is 0 Å². The first-order valence-electron chi connectivity index (χ1n) is 9.04. The van der Waals surface area contributed by atoms with Crippen molar-refractivity contribution < 1.29 is 9.47 Å². The molecule has 0 aliphatic carbocycles. The minimum atomic E-state index is 0.285. The number of anilines is 1. The van der Waals surface area contributed by atoms with Crippen LogP contribution in [-0.2, 0) is 0 Å². The molecule has 7 heteroatoms. The first-order chi connectivity index (χ1) is 13.1. The second-order valence-corrected chi connectivity index (χ2v) is 7.34. The van der Waals surface area contributed by atoms with E-state index in [0.717, 1.165) is 53.1 Å². The van der Waals surface area contributed by atoms with E-state index in [4.69, 9.17) is 21.1 Å². The molecular weight excluding hydrogens is 382 g/mol. The van der Waals surface area contributed by atoms with E-state index < -0.39 is 0 Å². The Bertz CT molecular complexity index is 929. The van der Waals surface area contributed by atoms with Crippen molar-refractivity contribution in [3.8, 4) is 22.6 Å². The molecule has 0 aliphatic rings. The molecule has 3 rings (SSSR count). The number of hydrogen-bond donors (Lipinski definition) is 0. The zero-order valence-electron chi connectivity index (χ0n) is 16.1. The van der Waals surface area contributed by atoms with Crippen LogP contribution < -0.4 is 14.4 Å². The number of rotatable bonds is 8. The van der Waals surface area contributed by atoms with E-state index in [0.29, 0.717) is 11.5 Å². The van der Waals surface area contributed by atoms with Crippen LogP contribution in [0.3, 0.4) is 0 Å². The number of fused-ring (bicyclic) bond motifs is 1. The molecule has 0 atom stereocenters. The standard InChI is InChI=1S/C20H24ClN3O2S/c1-5-7-10-24(6-2)18-17-14(12-27-19(17)23-20(21)22-18)13-8-9-15(25-3)16(11-13)26-4/h8-9,11-12H,5-7,10H2,1-4H3. The Balaban J connectivity index is 2.17. The van der Waals surface area contributed by atoms with Gasteiger partial charge in [-0.1, -0.05) is 19.4 Å². The Hall–Kier alpha value is -2.05. The molecule has 27 heavy (non-hydrogen) atoms. The van der Waals surface area contributed by atoms with Gasteiger partial charge in [-0.05, 0) is 42.6 Å². The lowest BCUT2D eigenvalue weighted by Gasteiger charge is -2.23. The van der Waals surface area contributed by atoms with E-state index >= 15 is 0 Å². The third-order valence-electron chi connectivity index (χ3n) is 4.54. The van der Waals surface area contributed by atoms with Gasteiger partial charge in [0.25, 0.3) is 0 Å². The molecule has 0 saturated heterocycles. The van der Waals surface area contributed by atoms with Gasteiger partial charge in [-0.25, -0.2) is 4.98 Å². The van der Waals surface area contributed by atoms with Crippen molar-refractivity contribution in [3.05, 3.63) is 28.9 Å². The van der Waals surface area contributed by atoms with E-state index in [-0.39, 0.29) is 5.28 Å². The molecule has 144 valence electrons. The predicted octanol–water partition coefficient (Wildman–Crippen LogP) is 5.66. The molecule has 0 aliphatic heterocycles. The molecule has 1 aromatic carbocycles. The molecule has 0 bridgehead atoms. The van der Waals surface area contributed by atoms with Crippen LogP contribution >= 0.6 is 22.9 Å². The van der Waals surface area contributed by atoms with E-state index in [9.17, 15) is 0 Å². The summed E-state index contributed by atoms with van der Waals surface area (Å²) in [6, 6.07) is 5.94. The Labute approximate surface area is 168 Å². The molecule has 0 amide bonds. The van der Waals surface area contributed by atoms with Crippen LogP contribution in [0.4, 0.5) is 5.82 Å². The van der Waals surface area contributed by atoms with Gasteiger partial charge in [0.15, 0.2) is 11.5 Å². The van der Waals surface area contributed by atoms with E-state index in [1.54, 1.807) is 25.6 Å². The van der Waals surface area contributed by atoms with Crippen LogP contribution in [0, 0.1) is 0 Å². The van der Waals surface area contributed by atoms with Gasteiger partial charge in [0.1, 0.15) is 10.6 Å². The minimum Gasteiger partial charge on any atom is -0.493 e. The maximum absolute atomic E-state index is 6.22. The number of benzene rings is 1. The van der Waals surface area contributed by atoms with Gasteiger partial charge in [0.05, 0.1) is 19.6 Å². The molecule has 2 aromatic heterocycles. The quantitative estimate of drug-likeness (QED) is 0.453. The SMILES string of the molecule is CCCCN(CC)c1nc(Cl)nc2scc(-c3ccc(OC)c(OC)c3)c12. The number of halogens is 1. The normalized spacial score (nSPS) is 11.0. The van der Waals surface area contributed by atoms with Gasteiger partial charge in [-0.2, -0.15) is 4.98 Å². The lowest BCUT2D eigenvalue weighted by molar-refractivity contribution is 0.355. The van der Waals surface area contributed by atoms with E-state index in [1.807, 2.05) is 18.2 Å². The fourth-order valence-corrected chi connectivity index (χ4v) is 4.26. The van der Waals surface area contributed by atoms with Crippen molar-refractivity contribution in [1.29, 1.82) is 0 Å². The molecule has 0 fully saturated rings. The highest BCUT2D eigenvalue weighted by Crippen LogP contribution is 2.41. The van der Waals surface area contributed by atoms with Crippen molar-refractivity contribution in [1.82, 2.24) is 9.97 Å². The topological polar surface area (TPSA) is 47.5 Å². The molecular formula is C20H24ClN3O2S. The van der Waals surface area contributed by atoms with Gasteiger partial charge in [0, 0.05) is 24.0 Å². The third kappa shape index (κ3) is 3.96. The average Bonchev–Trinajstić information content (AvgIpc) is 3.11. The largest absolute Gasteiger partial charge is 0.493 e. The highest BCUT2D eigenvalue weighted by atomic mass is 35.5. The monoisotopic (exact) mass is 405 g/mol. The first-order valence-corrected chi connectivity index (χ1v) is 10.3. The summed E-state index contributed by atoms with van der Waals surface area (Å²) in [4.78, 5) is 12.2. The predicted molar refractivity (Wildman–Crippen MR) is 114 cm³/mol. The summed E-state index contributed by atoms with van der Waals surface area (Å²) in [5.41, 5.74) is 2.12. The average molecular weight is 406 g/mol. The maximum Gasteiger partial charge on any atom is 0.225 e. The van der Waals surface area contributed by atoms with Crippen LogP contribution in [-0.4, -0.2) is 37.3 Å². The summed E-state index contributed by atoms with van der Waals surface area (Å²) in [5, 5.41) is 3.43. The molecule has 5 nitrogen and oxygen atoms in total. The molecule has 0 saturated carbocycles. The number of ether oxygens (including phenoxy) is 2. The summed E-state index contributed by atoms with van der Waals surface area (Å²) >= 11 is 7.80. The Kier molecular flexibility index (Phi) is 6.39. The Morgan fingerprint density at radius 3 is 2.56 bits per heavy atom. The fraction of sp³-hybridized carbons (Fsp3) is 0.400. The van der Waals surface area contributed by atoms with Crippen LogP contribution in [0.15, 0.2) is 23.6 Å². The Morgan fingerprint density at radius 1 is 1.11 bits per heavy atom. The van der Waals surface area contributed by atoms with Crippen LogP contribution in [0.1, 0.15) is 26.7 Å². The number of methoxy groups -OCH3 is 2. The minimum absolute atomic E-state index is 0.285. The summed E-state index contributed by atoms with van der Waals surface area (Å²) in [7, 11) is 3.28. The van der Waals surface area contributed by atoms with Crippen molar-refractivity contribution in [2.45, 2.75) is 26.7 Å². The summed E-state index contributed by atoms with van der Waals surface area (Å²) in [6.07, 6.45) is 2.23. The molecule has 2 heterocycles. The second-order valence-electron chi connectivity index (χ2n) is 6.15. The zero-order valence-corrected chi connectivity index (χ0v) is 17.7. The van der Waals surface area contributed by atoms with Gasteiger partial charge >= 0.3 is 0 Å². The van der Waals surface area contributed by atoms with Crippen LogP contribution in [0.5, 0.6) is 11.5 Å². The molecule has 0 radical (unpaired) electrons. The molecule has 0 unspecified atom stereocenters. The second kappa shape index (κ2) is 8.76. The molecule has 3 aromatic rings. The highest BCUT2D eigenvalue weighted by molar-refractivity contribution is 7.17. The fourth-order valence-electron chi connectivity index (χ4n) is 3.11. The summed E-state index contributed by atoms with van der Waals surface area (Å²) in [5.74, 6) is 2.30. The molecule has 0 spiro atoms. The third-order valence-corrected chi connectivity index (χ3v) is 5.59. The number of nitrogens with zero attached hydrogens (tertiary/aromatic N) is 3. The van der Waals surface area contributed by atoms with Gasteiger partial charge in [0.2, 0.25) is 5.28 Å². The van der Waals surface area contributed by atoms with Gasteiger partial charge in [-0.3, -0.25) is 0 Å². The van der Waals surface area contributed by atoms with Gasteiger partial charge < -0.3 is 14.4 Å². The smallest absolute Gasteiger partial charge is 0.225 e. The van der Waals surface area contributed by atoms with Crippen molar-refractivity contribution >= 4 is 39.0 Å². The van der Waals surface area contributed by atoms with E-state index in [1.165, 1.54) is 0 Å².